The molecule has 18 nitrogen and oxygen atoms in total. The minimum absolute atomic E-state index is 0. The summed E-state index contributed by atoms with van der Waals surface area (Å²) in [5.74, 6) is -5.17. The van der Waals surface area contributed by atoms with E-state index in [0.29, 0.717) is 11.4 Å². The topological polar surface area (TPSA) is 306 Å². The Morgan fingerprint density at radius 3 is 1.21 bits per heavy atom. The number of H-pyrrole nitrogens is 2. The number of carbonyl (C=O) groups excluding carboxylic acids is 6. The number of amides is 4. The molecular formula is C34H40MnN10O8. The van der Waals surface area contributed by atoms with Crippen molar-refractivity contribution in [3.05, 3.63) is 108 Å². The molecule has 2 heterocycles. The van der Waals surface area contributed by atoms with Gasteiger partial charge in [-0.2, -0.15) is 0 Å². The number of carbonyl (C=O) groups is 6. The van der Waals surface area contributed by atoms with Crippen molar-refractivity contribution in [2.75, 3.05) is 13.1 Å². The van der Waals surface area contributed by atoms with Crippen LogP contribution in [0, 0.1) is 0 Å². The second-order valence-corrected chi connectivity index (χ2v) is 11.4. The van der Waals surface area contributed by atoms with Crippen LogP contribution in [0.3, 0.4) is 0 Å². The van der Waals surface area contributed by atoms with Crippen LogP contribution in [0.1, 0.15) is 22.5 Å². The van der Waals surface area contributed by atoms with E-state index in [0.717, 1.165) is 11.1 Å². The summed E-state index contributed by atoms with van der Waals surface area (Å²) in [6.07, 6.45) is 6.26. The zero-order valence-electron chi connectivity index (χ0n) is 28.3. The molecule has 281 valence electrons. The Morgan fingerprint density at radius 1 is 0.566 bits per heavy atom. The molecule has 0 spiro atoms. The van der Waals surface area contributed by atoms with Crippen LogP contribution < -0.4 is 42.9 Å². The number of rotatable bonds is 18. The third-order valence-electron chi connectivity index (χ3n) is 7.40. The van der Waals surface area contributed by atoms with Gasteiger partial charge in [-0.05, 0) is 24.0 Å². The normalized spacial score (nSPS) is 12.6. The number of aromatic amines is 2. The fourth-order valence-corrected chi connectivity index (χ4v) is 4.79. The fraction of sp³-hybridized carbons (Fsp3) is 0.294. The molecule has 0 fully saturated rings. The Balaban J connectivity index is 0.000000360. The van der Waals surface area contributed by atoms with Crippen LogP contribution in [-0.4, -0.2) is 92.8 Å². The molecule has 4 amide bonds. The molecule has 1 radical (unpaired) electrons. The number of nitrogens with two attached hydrogens (primary N) is 2. The van der Waals surface area contributed by atoms with Gasteiger partial charge in [-0.15, -0.1) is 0 Å². The van der Waals surface area contributed by atoms with Gasteiger partial charge in [0.1, 0.15) is 12.1 Å². The summed E-state index contributed by atoms with van der Waals surface area (Å²) in [7, 11) is 0. The number of aromatic nitrogens is 4. The molecule has 0 aliphatic heterocycles. The van der Waals surface area contributed by atoms with Crippen molar-refractivity contribution in [1.29, 1.82) is 0 Å². The predicted molar refractivity (Wildman–Crippen MR) is 181 cm³/mol. The monoisotopic (exact) mass is 771 g/mol. The molecule has 0 aliphatic carbocycles. The van der Waals surface area contributed by atoms with Gasteiger partial charge in [-0.25, -0.2) is 9.97 Å². The molecule has 0 aliphatic rings. The predicted octanol–water partition coefficient (Wildman–Crippen LogP) is -4.26. The average Bonchev–Trinajstić information content (AvgIpc) is 3.86. The number of aliphatic carboxylic acids is 2. The number of benzene rings is 2. The molecule has 4 atom stereocenters. The molecule has 0 bridgehead atoms. The van der Waals surface area contributed by atoms with Gasteiger partial charge in [0.05, 0.1) is 49.8 Å². The van der Waals surface area contributed by atoms with Crippen molar-refractivity contribution in [1.82, 2.24) is 41.2 Å². The molecule has 0 saturated heterocycles. The third kappa shape index (κ3) is 15.5. The van der Waals surface area contributed by atoms with Crippen LogP contribution in [0.2, 0.25) is 0 Å². The van der Waals surface area contributed by atoms with Crippen LogP contribution in [0.25, 0.3) is 0 Å². The van der Waals surface area contributed by atoms with Crippen LogP contribution in [0.4, 0.5) is 0 Å². The van der Waals surface area contributed by atoms with Crippen molar-refractivity contribution in [2.24, 2.45) is 11.5 Å². The minimum Gasteiger partial charge on any atom is -0.548 e. The van der Waals surface area contributed by atoms with Crippen LogP contribution in [0.5, 0.6) is 0 Å². The minimum atomic E-state index is -1.41. The van der Waals surface area contributed by atoms with E-state index in [-0.39, 0.29) is 55.8 Å². The zero-order valence-corrected chi connectivity index (χ0v) is 29.5. The second-order valence-electron chi connectivity index (χ2n) is 11.4. The smallest absolute Gasteiger partial charge is 0.548 e. The van der Waals surface area contributed by atoms with Crippen molar-refractivity contribution in [3.8, 4) is 0 Å². The van der Waals surface area contributed by atoms with Gasteiger partial charge in [-0.1, -0.05) is 60.7 Å². The SMILES string of the molecule is NCC(=O)N[C@@H](Cc1cnc[nH]1)C(=O)N[C@@H](Cc1ccccc1)C(=O)[O-].NCC(=O)N[C@@H](Cc1cnc[nH]1)C(=O)N[C@@H](Cc1ccccc1)C(=O)[O-].[Mn+2]. The first-order valence-corrected chi connectivity index (χ1v) is 16.0. The van der Waals surface area contributed by atoms with E-state index in [1.54, 1.807) is 60.7 Å². The first-order chi connectivity index (χ1) is 25.0. The van der Waals surface area contributed by atoms with Crippen molar-refractivity contribution in [3.63, 3.8) is 0 Å². The van der Waals surface area contributed by atoms with E-state index >= 15 is 0 Å². The number of imidazole rings is 2. The van der Waals surface area contributed by atoms with E-state index in [2.05, 4.69) is 41.2 Å². The van der Waals surface area contributed by atoms with Gasteiger partial charge in [0.15, 0.2) is 0 Å². The van der Waals surface area contributed by atoms with Gasteiger partial charge in [0, 0.05) is 36.6 Å². The Morgan fingerprint density at radius 2 is 0.925 bits per heavy atom. The maximum Gasteiger partial charge on any atom is 2.00 e. The van der Waals surface area contributed by atoms with E-state index in [9.17, 15) is 39.0 Å². The molecule has 4 aromatic rings. The number of carboxylic acids is 2. The zero-order chi connectivity index (χ0) is 37.9. The van der Waals surface area contributed by atoms with Crippen molar-refractivity contribution in [2.45, 2.75) is 49.9 Å². The Kier molecular flexibility index (Phi) is 18.7. The summed E-state index contributed by atoms with van der Waals surface area (Å²) >= 11 is 0. The first kappa shape index (κ1) is 43.3. The average molecular weight is 772 g/mol. The summed E-state index contributed by atoms with van der Waals surface area (Å²) in [6, 6.07) is 13.2. The molecule has 0 saturated carbocycles. The van der Waals surface area contributed by atoms with Crippen LogP contribution in [-0.2, 0) is 71.5 Å². The van der Waals surface area contributed by atoms with E-state index in [1.807, 2.05) is 0 Å². The molecule has 53 heavy (non-hydrogen) atoms. The summed E-state index contributed by atoms with van der Waals surface area (Å²) in [5.41, 5.74) is 13.2. The molecule has 2 aromatic carbocycles. The maximum atomic E-state index is 12.5. The van der Waals surface area contributed by atoms with Crippen molar-refractivity contribution < 1.29 is 56.0 Å². The Labute approximate surface area is 314 Å². The van der Waals surface area contributed by atoms with Gasteiger partial charge in [-0.3, -0.25) is 19.2 Å². The molecular weight excluding hydrogens is 731 g/mol. The number of hydrogen-bond donors (Lipinski definition) is 8. The molecule has 19 heteroatoms. The van der Waals surface area contributed by atoms with E-state index in [4.69, 9.17) is 11.5 Å². The third-order valence-corrected chi connectivity index (χ3v) is 7.40. The first-order valence-electron chi connectivity index (χ1n) is 16.0. The largest absolute Gasteiger partial charge is 2.00 e. The number of hydrogen-bond acceptors (Lipinski definition) is 12. The van der Waals surface area contributed by atoms with E-state index < -0.39 is 59.7 Å². The van der Waals surface area contributed by atoms with Crippen molar-refractivity contribution >= 4 is 35.6 Å². The quantitative estimate of drug-likeness (QED) is 0.0446. The summed E-state index contributed by atoms with van der Waals surface area (Å²) in [5, 5.41) is 32.6. The fourth-order valence-electron chi connectivity index (χ4n) is 4.79. The summed E-state index contributed by atoms with van der Waals surface area (Å²) in [6.45, 7) is -0.582. The van der Waals surface area contributed by atoms with Gasteiger partial charge < -0.3 is 62.5 Å². The Bertz CT molecular complexity index is 1600. The summed E-state index contributed by atoms with van der Waals surface area (Å²) in [4.78, 5) is 84.4. The van der Waals surface area contributed by atoms with Gasteiger partial charge in [0.2, 0.25) is 23.6 Å². The molecule has 0 unspecified atom stereocenters. The summed E-state index contributed by atoms with van der Waals surface area (Å²) < 4.78 is 0. The number of nitrogens with zero attached hydrogens (tertiary/aromatic N) is 2. The standard InChI is InChI=1S/2C17H21N5O4.Mn/c2*18-8-15(23)21-13(7-12-9-19-10-20-12)16(24)22-14(17(25)26)6-11-4-2-1-3-5-11;/h2*1-5,9-10,13-14H,6-8,18H2,(H,19,20)(H,21,23)(H,22,24)(H,25,26);/q;;+2/p-2/t2*13-,14-;/m00./s1. The van der Waals surface area contributed by atoms with E-state index in [1.165, 1.54) is 25.0 Å². The molecule has 10 N–H and O–H groups in total. The van der Waals surface area contributed by atoms with Gasteiger partial charge >= 0.3 is 17.1 Å². The number of nitrogens with one attached hydrogen (secondary N) is 6. The van der Waals surface area contributed by atoms with Crippen LogP contribution in [0.15, 0.2) is 85.7 Å². The Hall–Kier alpha value is -5.88. The molecule has 2 aromatic heterocycles. The van der Waals surface area contributed by atoms with Gasteiger partial charge in [0.25, 0.3) is 0 Å². The number of carboxylic acid groups (broad SMARTS) is 2. The molecule has 4 rings (SSSR count). The second kappa shape index (κ2) is 22.8. The maximum absolute atomic E-state index is 12.5. The van der Waals surface area contributed by atoms with Crippen LogP contribution >= 0.6 is 0 Å².